The van der Waals surface area contributed by atoms with Gasteiger partial charge in [0.15, 0.2) is 0 Å². The predicted octanol–water partition coefficient (Wildman–Crippen LogP) is 3.78. The van der Waals surface area contributed by atoms with Crippen LogP contribution in [0.15, 0.2) is 0 Å². The number of nitrogens with zero attached hydrogens (tertiary/aromatic N) is 1. The highest BCUT2D eigenvalue weighted by Crippen LogP contribution is 2.69. The fourth-order valence-corrected chi connectivity index (χ4v) is 9.93. The lowest BCUT2D eigenvalue weighted by atomic mass is 9.41. The molecule has 9 heteroatoms. The van der Waals surface area contributed by atoms with E-state index in [0.717, 1.165) is 55.7 Å². The summed E-state index contributed by atoms with van der Waals surface area (Å²) in [6.45, 7) is 9.29. The van der Waals surface area contributed by atoms with Gasteiger partial charge in [0.25, 0.3) is 0 Å². The van der Waals surface area contributed by atoms with Gasteiger partial charge < -0.3 is 14.9 Å². The number of carbonyl (C=O) groups excluding carboxylic acids is 1. The van der Waals surface area contributed by atoms with E-state index in [1.807, 2.05) is 4.72 Å². The van der Waals surface area contributed by atoms with Crippen molar-refractivity contribution in [2.45, 2.75) is 91.3 Å². The molecule has 0 saturated heterocycles. The number of aliphatic hydroxyl groups is 2. The van der Waals surface area contributed by atoms with Crippen molar-refractivity contribution in [2.75, 3.05) is 20.7 Å². The van der Waals surface area contributed by atoms with Gasteiger partial charge in [-0.3, -0.25) is 0 Å². The molecule has 0 bridgehead atoms. The summed E-state index contributed by atoms with van der Waals surface area (Å²) < 4.78 is 32.1. The number of amides is 1. The highest BCUT2D eigenvalue weighted by molar-refractivity contribution is 7.87. The number of hydrogen-bond acceptors (Lipinski definition) is 6. The molecular weight excluding hydrogens is 480 g/mol. The van der Waals surface area contributed by atoms with Crippen molar-refractivity contribution in [1.82, 2.24) is 9.03 Å². The Morgan fingerprint density at radius 2 is 1.69 bits per heavy atom. The number of rotatable bonds is 6. The Balaban J connectivity index is 1.49. The Hall–Kier alpha value is -0.900. The van der Waals surface area contributed by atoms with Crippen molar-refractivity contribution in [3.8, 4) is 0 Å². The van der Waals surface area contributed by atoms with Gasteiger partial charge in [-0.2, -0.15) is 12.7 Å². The molecule has 4 aliphatic rings. The van der Waals surface area contributed by atoms with E-state index in [-0.39, 0.29) is 47.4 Å². The van der Waals surface area contributed by atoms with Gasteiger partial charge in [-0.05, 0) is 97.2 Å². The first-order chi connectivity index (χ1) is 16.8. The van der Waals surface area contributed by atoms with Crippen LogP contribution in [0.4, 0.5) is 4.79 Å². The molecule has 8 nitrogen and oxygen atoms in total. The first-order valence-corrected chi connectivity index (χ1v) is 15.4. The van der Waals surface area contributed by atoms with E-state index in [2.05, 4.69) is 27.7 Å². The van der Waals surface area contributed by atoms with Gasteiger partial charge in [-0.15, -0.1) is 0 Å². The summed E-state index contributed by atoms with van der Waals surface area (Å²) in [6, 6.07) is 0. The fraction of sp³-hybridized carbons (Fsp3) is 0.963. The minimum atomic E-state index is -3.88. The molecule has 4 saturated carbocycles. The zero-order valence-corrected chi connectivity index (χ0v) is 23.8. The molecule has 0 aromatic heterocycles. The maximum absolute atomic E-state index is 12.1. The van der Waals surface area contributed by atoms with Crippen LogP contribution in [0.25, 0.3) is 0 Å². The quantitative estimate of drug-likeness (QED) is 0.483. The largest absolute Gasteiger partial charge is 0.449 e. The minimum Gasteiger partial charge on any atom is -0.449 e. The third-order valence-corrected chi connectivity index (χ3v) is 12.7. The second-order valence-corrected chi connectivity index (χ2v) is 15.0. The zero-order chi connectivity index (χ0) is 26.6. The van der Waals surface area contributed by atoms with E-state index in [1.165, 1.54) is 14.1 Å². The average molecular weight is 529 g/mol. The molecule has 0 aromatic rings. The Labute approximate surface area is 217 Å². The lowest BCUT2D eigenvalue weighted by Crippen LogP contribution is -2.62. The molecule has 1 amide bonds. The van der Waals surface area contributed by atoms with Crippen LogP contribution in [0.5, 0.6) is 0 Å². The molecular formula is C27H48N2O6S. The lowest BCUT2D eigenvalue weighted by Gasteiger charge is -2.64. The molecule has 4 fully saturated rings. The van der Waals surface area contributed by atoms with Gasteiger partial charge in [-0.25, -0.2) is 9.52 Å². The Kier molecular flexibility index (Phi) is 7.82. The fourth-order valence-electron chi connectivity index (χ4n) is 9.48. The lowest BCUT2D eigenvalue weighted by molar-refractivity contribution is -0.203. The Bertz CT molecular complexity index is 927. The summed E-state index contributed by atoms with van der Waals surface area (Å²) in [4.78, 5) is 12.1. The number of carbonyl (C=O) groups is 1. The SMILES string of the molecule is CC[C@@H]1C2C[C@H](O)CC[C@]2(C)[C@H]2CC[C@@]3(C)C(CCC3[C@H](C)COC(=O)NS(=O)(=O)N(C)C)[C@@H]2[C@@H]1O. The molecule has 0 aliphatic heterocycles. The van der Waals surface area contributed by atoms with Crippen molar-refractivity contribution in [2.24, 2.45) is 52.3 Å². The molecule has 0 heterocycles. The van der Waals surface area contributed by atoms with Crippen LogP contribution in [0.1, 0.15) is 79.1 Å². The first-order valence-electron chi connectivity index (χ1n) is 14.0. The third kappa shape index (κ3) is 4.60. The molecule has 11 atom stereocenters. The summed E-state index contributed by atoms with van der Waals surface area (Å²) in [5.74, 6) is 2.26. The smallest absolute Gasteiger partial charge is 0.421 e. The van der Waals surface area contributed by atoms with Crippen LogP contribution in [0.3, 0.4) is 0 Å². The van der Waals surface area contributed by atoms with Gasteiger partial charge >= 0.3 is 16.3 Å². The summed E-state index contributed by atoms with van der Waals surface area (Å²) in [5, 5.41) is 22.3. The molecule has 4 rings (SSSR count). The Morgan fingerprint density at radius 3 is 2.33 bits per heavy atom. The molecule has 0 spiro atoms. The van der Waals surface area contributed by atoms with Gasteiger partial charge in [0, 0.05) is 14.1 Å². The van der Waals surface area contributed by atoms with Gasteiger partial charge in [0.2, 0.25) is 0 Å². The van der Waals surface area contributed by atoms with Crippen LogP contribution in [0.2, 0.25) is 0 Å². The van der Waals surface area contributed by atoms with Crippen LogP contribution in [-0.4, -0.2) is 61.9 Å². The maximum atomic E-state index is 12.1. The van der Waals surface area contributed by atoms with E-state index in [9.17, 15) is 23.4 Å². The predicted molar refractivity (Wildman–Crippen MR) is 138 cm³/mol. The van der Waals surface area contributed by atoms with E-state index < -0.39 is 16.3 Å². The number of fused-ring (bicyclic) bond motifs is 5. The Morgan fingerprint density at radius 1 is 1.06 bits per heavy atom. The minimum absolute atomic E-state index is 0.0623. The van der Waals surface area contributed by atoms with E-state index in [0.29, 0.717) is 23.7 Å². The number of ether oxygens (including phenoxy) is 1. The highest BCUT2D eigenvalue weighted by Gasteiger charge is 2.64. The second-order valence-electron chi connectivity index (χ2n) is 13.1. The third-order valence-electron chi connectivity index (χ3n) is 11.3. The van der Waals surface area contributed by atoms with Gasteiger partial charge in [-0.1, -0.05) is 34.1 Å². The monoisotopic (exact) mass is 528 g/mol. The zero-order valence-electron chi connectivity index (χ0n) is 22.9. The normalized spacial score (nSPS) is 45.4. The second kappa shape index (κ2) is 10.0. The van der Waals surface area contributed by atoms with Gasteiger partial charge in [0.05, 0.1) is 18.8 Å². The number of hydrogen-bond donors (Lipinski definition) is 3. The number of aliphatic hydroxyl groups excluding tert-OH is 2. The van der Waals surface area contributed by atoms with Crippen LogP contribution in [0, 0.1) is 52.3 Å². The molecule has 3 unspecified atom stereocenters. The van der Waals surface area contributed by atoms with E-state index in [4.69, 9.17) is 4.74 Å². The highest BCUT2D eigenvalue weighted by atomic mass is 32.2. The van der Waals surface area contributed by atoms with Crippen molar-refractivity contribution < 1.29 is 28.2 Å². The maximum Gasteiger partial charge on any atom is 0.421 e. The molecule has 0 radical (unpaired) electrons. The van der Waals surface area contributed by atoms with E-state index in [1.54, 1.807) is 0 Å². The van der Waals surface area contributed by atoms with E-state index >= 15 is 0 Å². The van der Waals surface area contributed by atoms with Gasteiger partial charge in [0.1, 0.15) is 0 Å². The van der Waals surface area contributed by atoms with Crippen molar-refractivity contribution in [3.05, 3.63) is 0 Å². The molecule has 0 aromatic carbocycles. The summed E-state index contributed by atoms with van der Waals surface area (Å²) in [6.07, 6.45) is 6.48. The van der Waals surface area contributed by atoms with Crippen LogP contribution in [-0.2, 0) is 14.9 Å². The molecule has 36 heavy (non-hydrogen) atoms. The first kappa shape index (κ1) is 28.1. The molecule has 208 valence electrons. The average Bonchev–Trinajstić information content (AvgIpc) is 3.15. The standard InChI is InChI=1S/C27H48N2O6S/c1-7-18-22-14-17(30)10-12-27(22,4)21-11-13-26(3)19(8-9-20(26)23(21)24(18)31)16(2)15-35-25(32)28-36(33,34)29(5)6/h16-24,30-31H,7-15H2,1-6H3,(H,28,32)/t16-,17-,18-,19?,20?,21+,22?,23+,24-,26-,27-/m1/s1. The summed E-state index contributed by atoms with van der Waals surface area (Å²) in [5.41, 5.74) is 0.237. The molecule has 3 N–H and O–H groups in total. The topological polar surface area (TPSA) is 116 Å². The van der Waals surface area contributed by atoms with Crippen molar-refractivity contribution in [1.29, 1.82) is 0 Å². The van der Waals surface area contributed by atoms with Crippen LogP contribution >= 0.6 is 0 Å². The summed E-state index contributed by atoms with van der Waals surface area (Å²) in [7, 11) is -1.16. The van der Waals surface area contributed by atoms with Crippen molar-refractivity contribution in [3.63, 3.8) is 0 Å². The summed E-state index contributed by atoms with van der Waals surface area (Å²) >= 11 is 0. The van der Waals surface area contributed by atoms with Crippen molar-refractivity contribution >= 4 is 16.3 Å². The van der Waals surface area contributed by atoms with Crippen LogP contribution < -0.4 is 4.72 Å². The molecule has 4 aliphatic carbocycles. The number of nitrogens with one attached hydrogen (secondary N) is 1.